The number of phenols is 1. The van der Waals surface area contributed by atoms with Crippen molar-refractivity contribution in [3.63, 3.8) is 0 Å². The molecular weight excluding hydrogens is 570 g/mol. The fourth-order valence-electron chi connectivity index (χ4n) is 8.19. The topological polar surface area (TPSA) is 97.8 Å². The largest absolute Gasteiger partial charge is 0.504 e. The number of fused-ring (bicyclic) bond motifs is 1. The molecular formula is C29H31BrClN3O4. The highest BCUT2D eigenvalue weighted by molar-refractivity contribution is 9.10. The molecule has 2 saturated carbocycles. The van der Waals surface area contributed by atoms with Gasteiger partial charge in [-0.05, 0) is 90.7 Å². The highest BCUT2D eigenvalue weighted by Gasteiger charge is 2.73. The minimum Gasteiger partial charge on any atom is -0.504 e. The summed E-state index contributed by atoms with van der Waals surface area (Å²) < 4.78 is 7.41. The van der Waals surface area contributed by atoms with Crippen LogP contribution in [0.15, 0.2) is 41.0 Å². The number of halogens is 2. The van der Waals surface area contributed by atoms with Crippen molar-refractivity contribution >= 4 is 45.1 Å². The van der Waals surface area contributed by atoms with Gasteiger partial charge in [-0.1, -0.05) is 18.2 Å². The van der Waals surface area contributed by atoms with Crippen LogP contribution in [0, 0.1) is 5.92 Å². The molecule has 1 spiro atoms. The van der Waals surface area contributed by atoms with Crippen molar-refractivity contribution in [1.82, 2.24) is 15.2 Å². The number of benzene rings is 2. The van der Waals surface area contributed by atoms with E-state index in [1.807, 2.05) is 30.3 Å². The summed E-state index contributed by atoms with van der Waals surface area (Å²) in [4.78, 5) is 19.4. The number of hydrogen-bond donors (Lipinski definition) is 4. The van der Waals surface area contributed by atoms with Gasteiger partial charge in [-0.25, -0.2) is 0 Å². The van der Waals surface area contributed by atoms with E-state index in [-0.39, 0.29) is 36.1 Å². The van der Waals surface area contributed by atoms with Gasteiger partial charge in [-0.3, -0.25) is 9.69 Å². The number of aromatic amines is 1. The Morgan fingerprint density at radius 2 is 2.05 bits per heavy atom. The minimum absolute atomic E-state index is 0. The second-order valence-corrected chi connectivity index (χ2v) is 12.7. The van der Waals surface area contributed by atoms with E-state index in [2.05, 4.69) is 31.1 Å². The lowest BCUT2D eigenvalue weighted by molar-refractivity contribution is -0.191. The average Bonchev–Trinajstić information content (AvgIpc) is 3.49. The molecule has 5 atom stereocenters. The Kier molecular flexibility index (Phi) is 5.45. The Labute approximate surface area is 235 Å². The standard InChI is InChI=1S/C29H30BrN3O4.ClH/c30-22-13-17-2-1-3-18(24(17)32-22)27(35)31-19-8-9-29(36)21-12-16-6-7-20(34)25-23(16)28(29,26(19)37-25)10-11-33(21)14-15-4-5-15;/h1-3,6-7,13,15,19,21,26,32,34,36H,4-5,8-12,14H2,(H,31,35);1H/t19-,21+,26-,28-,29+;/m0./s1. The van der Waals surface area contributed by atoms with Crippen molar-refractivity contribution in [2.24, 2.45) is 5.92 Å². The molecule has 3 aliphatic carbocycles. The summed E-state index contributed by atoms with van der Waals surface area (Å²) in [6, 6.07) is 11.2. The van der Waals surface area contributed by atoms with Crippen LogP contribution in [0.25, 0.3) is 10.9 Å². The van der Waals surface area contributed by atoms with Gasteiger partial charge in [0.05, 0.1) is 32.7 Å². The zero-order valence-corrected chi connectivity index (χ0v) is 23.3. The molecule has 3 aromatic rings. The smallest absolute Gasteiger partial charge is 0.253 e. The number of carbonyl (C=O) groups excluding carboxylic acids is 1. The van der Waals surface area contributed by atoms with Gasteiger partial charge in [-0.15, -0.1) is 12.4 Å². The minimum atomic E-state index is -0.956. The van der Waals surface area contributed by atoms with Crippen LogP contribution in [0.1, 0.15) is 53.6 Å². The number of para-hydroxylation sites is 1. The first-order chi connectivity index (χ1) is 17.9. The highest BCUT2D eigenvalue weighted by atomic mass is 79.9. The monoisotopic (exact) mass is 599 g/mol. The van der Waals surface area contributed by atoms with Crippen LogP contribution in [-0.4, -0.2) is 62.9 Å². The number of aromatic nitrogens is 1. The number of rotatable bonds is 4. The van der Waals surface area contributed by atoms with E-state index in [4.69, 9.17) is 4.74 Å². The van der Waals surface area contributed by atoms with Crippen molar-refractivity contribution in [3.05, 3.63) is 57.7 Å². The number of amides is 1. The summed E-state index contributed by atoms with van der Waals surface area (Å²) in [7, 11) is 0. The molecule has 9 heteroatoms. The Balaban J connectivity index is 0.00000242. The van der Waals surface area contributed by atoms with Crippen molar-refractivity contribution in [1.29, 1.82) is 0 Å². The summed E-state index contributed by atoms with van der Waals surface area (Å²) >= 11 is 3.48. The Morgan fingerprint density at radius 3 is 2.87 bits per heavy atom. The highest BCUT2D eigenvalue weighted by Crippen LogP contribution is 2.65. The van der Waals surface area contributed by atoms with Gasteiger partial charge in [0.15, 0.2) is 11.5 Å². The van der Waals surface area contributed by atoms with E-state index in [0.717, 1.165) is 52.9 Å². The van der Waals surface area contributed by atoms with Gasteiger partial charge in [0.2, 0.25) is 0 Å². The summed E-state index contributed by atoms with van der Waals surface area (Å²) in [5, 5.41) is 27.7. The van der Waals surface area contributed by atoms with E-state index >= 15 is 0 Å². The van der Waals surface area contributed by atoms with Gasteiger partial charge < -0.3 is 25.3 Å². The fourth-order valence-corrected chi connectivity index (χ4v) is 8.63. The molecule has 5 aliphatic rings. The fraction of sp³-hybridized carbons (Fsp3) is 0.483. The number of H-pyrrole nitrogens is 1. The van der Waals surface area contributed by atoms with Crippen LogP contribution in [-0.2, 0) is 11.8 Å². The molecule has 0 unspecified atom stereocenters. The molecule has 1 amide bonds. The van der Waals surface area contributed by atoms with E-state index in [1.165, 1.54) is 18.4 Å². The molecule has 200 valence electrons. The average molecular weight is 601 g/mol. The van der Waals surface area contributed by atoms with Crippen molar-refractivity contribution in [2.75, 3.05) is 13.1 Å². The number of piperidine rings is 1. The molecule has 1 saturated heterocycles. The predicted molar refractivity (Wildman–Crippen MR) is 149 cm³/mol. The van der Waals surface area contributed by atoms with E-state index in [9.17, 15) is 15.0 Å². The van der Waals surface area contributed by atoms with Crippen LogP contribution < -0.4 is 10.1 Å². The third-order valence-corrected chi connectivity index (χ3v) is 10.4. The maximum absolute atomic E-state index is 13.6. The predicted octanol–water partition coefficient (Wildman–Crippen LogP) is 4.42. The molecule has 0 radical (unpaired) electrons. The lowest BCUT2D eigenvalue weighted by Crippen LogP contribution is -2.78. The Hall–Kier alpha value is -2.26. The first-order valence-corrected chi connectivity index (χ1v) is 14.2. The zero-order chi connectivity index (χ0) is 25.1. The van der Waals surface area contributed by atoms with Crippen molar-refractivity contribution in [3.8, 4) is 11.5 Å². The van der Waals surface area contributed by atoms with E-state index in [1.54, 1.807) is 6.07 Å². The molecule has 2 aromatic carbocycles. The van der Waals surface area contributed by atoms with E-state index < -0.39 is 17.1 Å². The number of carbonyl (C=O) groups is 1. The number of nitrogens with one attached hydrogen (secondary N) is 2. The van der Waals surface area contributed by atoms with Crippen LogP contribution in [0.2, 0.25) is 0 Å². The first-order valence-electron chi connectivity index (χ1n) is 13.5. The zero-order valence-electron chi connectivity index (χ0n) is 20.9. The van der Waals surface area contributed by atoms with Crippen LogP contribution in [0.3, 0.4) is 0 Å². The van der Waals surface area contributed by atoms with Gasteiger partial charge in [0.25, 0.3) is 5.91 Å². The summed E-state index contributed by atoms with van der Waals surface area (Å²) in [6.07, 6.45) is 4.87. The summed E-state index contributed by atoms with van der Waals surface area (Å²) in [6.45, 7) is 1.94. The number of hydrogen-bond acceptors (Lipinski definition) is 5. The third-order valence-electron chi connectivity index (χ3n) is 9.95. The Morgan fingerprint density at radius 1 is 1.21 bits per heavy atom. The Bertz CT molecular complexity index is 1470. The van der Waals surface area contributed by atoms with Crippen molar-refractivity contribution in [2.45, 2.75) is 67.7 Å². The second kappa shape index (κ2) is 8.37. The third kappa shape index (κ3) is 3.17. The molecule has 1 aromatic heterocycles. The quantitative estimate of drug-likeness (QED) is 0.356. The van der Waals surface area contributed by atoms with Gasteiger partial charge in [-0.2, -0.15) is 0 Å². The summed E-state index contributed by atoms with van der Waals surface area (Å²) in [5.74, 6) is 1.21. The summed E-state index contributed by atoms with van der Waals surface area (Å²) in [5.41, 5.74) is 1.93. The number of aromatic hydroxyl groups is 1. The molecule has 3 heterocycles. The number of aliphatic hydroxyl groups is 1. The molecule has 2 bridgehead atoms. The van der Waals surface area contributed by atoms with Crippen LogP contribution in [0.4, 0.5) is 0 Å². The molecule has 8 rings (SSSR count). The van der Waals surface area contributed by atoms with Crippen LogP contribution >= 0.6 is 28.3 Å². The molecule has 4 N–H and O–H groups in total. The first kappa shape index (κ1) is 24.8. The van der Waals surface area contributed by atoms with Crippen molar-refractivity contribution < 1.29 is 19.7 Å². The number of nitrogens with zero attached hydrogens (tertiary/aromatic N) is 1. The molecule has 7 nitrogen and oxygen atoms in total. The molecule has 38 heavy (non-hydrogen) atoms. The SMILES string of the molecule is Cl.O=C(N[C@H]1CC[C@@]2(O)[C@H]3Cc4ccc(O)c5c4[C@@]2(CCN3CC2CC2)[C@H]1O5)c1cccc2cc(Br)[nH]c12. The van der Waals surface area contributed by atoms with Gasteiger partial charge >= 0.3 is 0 Å². The maximum Gasteiger partial charge on any atom is 0.253 e. The second-order valence-electron chi connectivity index (χ2n) is 11.8. The van der Waals surface area contributed by atoms with Gasteiger partial charge in [0, 0.05) is 23.5 Å². The van der Waals surface area contributed by atoms with Crippen LogP contribution in [0.5, 0.6) is 11.5 Å². The molecule has 3 fully saturated rings. The number of ether oxygens (including phenoxy) is 1. The van der Waals surface area contributed by atoms with Gasteiger partial charge in [0.1, 0.15) is 6.10 Å². The lowest BCUT2D eigenvalue weighted by atomic mass is 9.48. The maximum atomic E-state index is 13.6. The number of phenolic OH excluding ortho intramolecular Hbond substituents is 1. The molecule has 2 aliphatic heterocycles. The lowest BCUT2D eigenvalue weighted by Gasteiger charge is -2.64. The number of likely N-dealkylation sites (tertiary alicyclic amines) is 1. The normalized spacial score (nSPS) is 32.8. The van der Waals surface area contributed by atoms with E-state index in [0.29, 0.717) is 24.2 Å².